The van der Waals surface area contributed by atoms with Crippen LogP contribution in [0.5, 0.6) is 0 Å². The molecule has 3 heterocycles. The van der Waals surface area contributed by atoms with Crippen LogP contribution in [-0.4, -0.2) is 36.9 Å². The van der Waals surface area contributed by atoms with Crippen molar-refractivity contribution in [2.24, 2.45) is 5.41 Å². The van der Waals surface area contributed by atoms with Gasteiger partial charge in [-0.2, -0.15) is 0 Å². The molecule has 0 radical (unpaired) electrons. The maximum absolute atomic E-state index is 14.2. The molecular weight excluding hydrogens is 636 g/mol. The highest BCUT2D eigenvalue weighted by Crippen LogP contribution is 2.58. The van der Waals surface area contributed by atoms with Crippen LogP contribution in [0.2, 0.25) is 0 Å². The van der Waals surface area contributed by atoms with Gasteiger partial charge in [-0.15, -0.1) is 22.7 Å². The minimum absolute atomic E-state index is 0.0236. The Balaban J connectivity index is 1.35. The van der Waals surface area contributed by atoms with Crippen molar-refractivity contribution in [2.45, 2.75) is 54.4 Å². The molecule has 5 aromatic rings. The second kappa shape index (κ2) is 13.7. The molecule has 7 heteroatoms. The van der Waals surface area contributed by atoms with Crippen LogP contribution in [0.3, 0.4) is 0 Å². The van der Waals surface area contributed by atoms with Crippen molar-refractivity contribution in [3.05, 3.63) is 101 Å². The van der Waals surface area contributed by atoms with Gasteiger partial charge in [0.1, 0.15) is 15.1 Å². The van der Waals surface area contributed by atoms with Crippen LogP contribution >= 0.6 is 30.2 Å². The predicted molar refractivity (Wildman–Crippen MR) is 208 cm³/mol. The quantitative estimate of drug-likeness (QED) is 0.141. The van der Waals surface area contributed by atoms with Crippen LogP contribution in [0.4, 0.5) is 11.4 Å². The number of ketones is 1. The molecule has 0 amide bonds. The van der Waals surface area contributed by atoms with Gasteiger partial charge in [0.25, 0.3) is 0 Å². The highest BCUT2D eigenvalue weighted by molar-refractivity contribution is 7.92. The summed E-state index contributed by atoms with van der Waals surface area (Å²) < 4.78 is 0. The molecule has 47 heavy (non-hydrogen) atoms. The summed E-state index contributed by atoms with van der Waals surface area (Å²) in [6.07, 6.45) is 2.35. The summed E-state index contributed by atoms with van der Waals surface area (Å²) in [4.78, 5) is 35.2. The minimum atomic E-state index is -3.04. The highest BCUT2D eigenvalue weighted by atomic mass is 32.1. The van der Waals surface area contributed by atoms with Crippen molar-refractivity contribution >= 4 is 63.2 Å². The smallest absolute Gasteiger partial charge is 0.241 e. The van der Waals surface area contributed by atoms with Crippen LogP contribution in [0.1, 0.15) is 68.9 Å². The van der Waals surface area contributed by atoms with Crippen LogP contribution in [-0.2, 0) is 0 Å². The van der Waals surface area contributed by atoms with Gasteiger partial charge in [-0.1, -0.05) is 63.2 Å². The topological polar surface area (TPSA) is 43.8 Å². The van der Waals surface area contributed by atoms with Gasteiger partial charge in [-0.25, -0.2) is 4.89 Å². The summed E-state index contributed by atoms with van der Waals surface area (Å²) in [5, 5.41) is 2.44. The number of hydrogen-bond acceptors (Lipinski definition) is 6. The van der Waals surface area contributed by atoms with Crippen molar-refractivity contribution < 1.29 is 9.69 Å². The summed E-state index contributed by atoms with van der Waals surface area (Å²) in [5.41, 5.74) is 4.89. The molecule has 0 saturated carbocycles. The zero-order valence-electron chi connectivity index (χ0n) is 28.4. The molecule has 244 valence electrons. The van der Waals surface area contributed by atoms with Crippen molar-refractivity contribution in [1.82, 2.24) is 0 Å². The molecule has 1 aliphatic rings. The molecule has 4 nitrogen and oxygen atoms in total. The zero-order valence-corrected chi connectivity index (χ0v) is 30.9. The van der Waals surface area contributed by atoms with E-state index in [0.29, 0.717) is 15.2 Å². The first kappa shape index (κ1) is 33.6. The third-order valence-electron chi connectivity index (χ3n) is 9.20. The molecule has 3 aromatic carbocycles. The van der Waals surface area contributed by atoms with E-state index in [1.807, 2.05) is 30.3 Å². The molecule has 6 rings (SSSR count). The first-order valence-corrected chi connectivity index (χ1v) is 20.2. The van der Waals surface area contributed by atoms with Crippen LogP contribution in [0.15, 0.2) is 91.0 Å². The summed E-state index contributed by atoms with van der Waals surface area (Å²) in [7, 11) is -3.04. The summed E-state index contributed by atoms with van der Waals surface area (Å²) in [6.45, 7) is 17.4. The fourth-order valence-corrected chi connectivity index (χ4v) is 12.7. The first-order chi connectivity index (χ1) is 22.6. The van der Waals surface area contributed by atoms with Crippen molar-refractivity contribution in [2.75, 3.05) is 36.0 Å². The molecule has 0 aliphatic carbocycles. The van der Waals surface area contributed by atoms with Crippen molar-refractivity contribution in [3.8, 4) is 20.9 Å². The van der Waals surface area contributed by atoms with E-state index < -0.39 is 7.49 Å². The van der Waals surface area contributed by atoms with Gasteiger partial charge in [-0.3, -0.25) is 4.79 Å². The Morgan fingerprint density at radius 2 is 1.15 bits per heavy atom. The Kier molecular flexibility index (Phi) is 9.79. The van der Waals surface area contributed by atoms with Crippen molar-refractivity contribution in [3.63, 3.8) is 0 Å². The molecule has 0 saturated heterocycles. The lowest BCUT2D eigenvalue weighted by molar-refractivity contribution is 0.104. The maximum Gasteiger partial charge on any atom is 0.241 e. The van der Waals surface area contributed by atoms with Gasteiger partial charge < -0.3 is 9.80 Å². The van der Waals surface area contributed by atoms with Crippen LogP contribution < -0.4 is 25.7 Å². The van der Waals surface area contributed by atoms with Gasteiger partial charge in [0.2, 0.25) is 13.3 Å². The lowest BCUT2D eigenvalue weighted by atomic mass is 9.90. The fraction of sp³-hybridized carbons (Fsp3) is 0.325. The van der Waals surface area contributed by atoms with E-state index >= 15 is 0 Å². The Labute approximate surface area is 289 Å². The van der Waals surface area contributed by atoms with E-state index in [0.717, 1.165) is 69.4 Å². The summed E-state index contributed by atoms with van der Waals surface area (Å²) >= 11 is 3.02. The molecule has 0 spiro atoms. The number of rotatable bonds is 11. The molecule has 1 aliphatic heterocycles. The molecule has 1 N–H and O–H groups in total. The average molecular weight is 682 g/mol. The third kappa shape index (κ3) is 6.58. The van der Waals surface area contributed by atoms with Crippen LogP contribution in [0, 0.1) is 5.41 Å². The lowest BCUT2D eigenvalue weighted by Crippen LogP contribution is -2.38. The Hall–Kier alpha value is -3.28. The second-order valence-corrected chi connectivity index (χ2v) is 18.3. The molecule has 0 fully saturated rings. The van der Waals surface area contributed by atoms with E-state index in [9.17, 15) is 9.69 Å². The molecule has 1 atom stereocenters. The third-order valence-corrected chi connectivity index (χ3v) is 15.0. The highest BCUT2D eigenvalue weighted by Gasteiger charge is 2.55. The maximum atomic E-state index is 14.2. The second-order valence-electron chi connectivity index (χ2n) is 13.5. The van der Waals surface area contributed by atoms with Gasteiger partial charge in [0.05, 0.1) is 0 Å². The first-order valence-electron chi connectivity index (χ1n) is 16.8. The fourth-order valence-electron chi connectivity index (χ4n) is 6.54. The zero-order chi connectivity index (χ0) is 33.3. The summed E-state index contributed by atoms with van der Waals surface area (Å²) in [5.74, 6) is 0.0236. The van der Waals surface area contributed by atoms with E-state index in [4.69, 9.17) is 0 Å². The molecule has 0 bridgehead atoms. The largest absolute Gasteiger partial charge is 0.372 e. The number of nitrogens with zero attached hydrogens (tertiary/aromatic N) is 2. The number of hydrogen-bond donors (Lipinski definition) is 1. The standard InChI is InChI=1S/C40H46N2O2PS2/c1-7-41(8-2)30-20-16-28(17-21-30)35-26-33-38(46-35)37(43)39-34(45(33,44)32-14-11-10-12-15-32)27-36(47-39)29-18-22-31(23-19-29)42(9-3)25-13-24-40(4,5)6/h10-12,14-23,26-27,44H,7-9,13,24-25H2,1-6H3/q+1. The average Bonchev–Trinajstić information content (AvgIpc) is 3.74. The number of fused-ring (bicyclic) bond motifs is 2. The van der Waals surface area contributed by atoms with E-state index in [1.54, 1.807) is 0 Å². The number of benzene rings is 3. The number of carbonyl (C=O) groups is 1. The number of carbonyl (C=O) groups excluding carboxylic acids is 1. The number of thiophene rings is 2. The van der Waals surface area contributed by atoms with Gasteiger partial charge in [0, 0.05) is 59.4 Å². The Morgan fingerprint density at radius 3 is 1.60 bits per heavy atom. The van der Waals surface area contributed by atoms with E-state index in [1.165, 1.54) is 40.5 Å². The van der Waals surface area contributed by atoms with E-state index in [2.05, 4.69) is 112 Å². The Morgan fingerprint density at radius 1 is 0.681 bits per heavy atom. The van der Waals surface area contributed by atoms with Crippen molar-refractivity contribution in [1.29, 1.82) is 0 Å². The van der Waals surface area contributed by atoms with Gasteiger partial charge in [-0.05, 0) is 86.6 Å². The molecule has 1 unspecified atom stereocenters. The lowest BCUT2D eigenvalue weighted by Gasteiger charge is -2.25. The Bertz CT molecular complexity index is 1830. The minimum Gasteiger partial charge on any atom is -0.372 e. The molecular formula is C40H46N2O2PS2+. The van der Waals surface area contributed by atoms with Gasteiger partial charge in [0.15, 0.2) is 10.6 Å². The predicted octanol–water partition coefficient (Wildman–Crippen LogP) is 9.39. The number of anilines is 2. The monoisotopic (exact) mass is 681 g/mol. The van der Waals surface area contributed by atoms with Gasteiger partial charge >= 0.3 is 0 Å². The normalized spacial score (nSPS) is 15.8. The molecule has 2 aromatic heterocycles. The van der Waals surface area contributed by atoms with Crippen LogP contribution in [0.25, 0.3) is 20.9 Å². The SMILES string of the molecule is CCN(CC)c1ccc(-c2cc3c(s2)C(=O)c2sc(-c4ccc(N(CC)CCCC(C)(C)C)cc4)cc2[P+]3(O)c2ccccc2)cc1. The summed E-state index contributed by atoms with van der Waals surface area (Å²) in [6, 6.07) is 31.4. The van der Waals surface area contributed by atoms with E-state index in [-0.39, 0.29) is 5.78 Å².